The molecule has 1 N–H and O–H groups in total. The van der Waals surface area contributed by atoms with E-state index >= 15 is 0 Å². The molecule has 1 amide bonds. The lowest BCUT2D eigenvalue weighted by molar-refractivity contribution is 0.0941. The Morgan fingerprint density at radius 1 is 1.33 bits per heavy atom. The molecule has 1 aromatic carbocycles. The Hall–Kier alpha value is -0.780. The standard InChI is InChI=1S/C11H11Cl2NO3S/c12-9-3-1-2-8(10(9)13)11(15)14-7-4-5-18(16,17)6-7/h1-3,7H,4-6H2,(H,14,15). The number of hydrogen-bond donors (Lipinski definition) is 1. The number of amides is 1. The zero-order valence-electron chi connectivity index (χ0n) is 9.32. The van der Waals surface area contributed by atoms with E-state index in [2.05, 4.69) is 5.32 Å². The van der Waals surface area contributed by atoms with Gasteiger partial charge in [0.2, 0.25) is 0 Å². The van der Waals surface area contributed by atoms with Crippen molar-refractivity contribution in [3.05, 3.63) is 33.8 Å². The van der Waals surface area contributed by atoms with Gasteiger partial charge in [-0.1, -0.05) is 29.3 Å². The highest BCUT2D eigenvalue weighted by atomic mass is 35.5. The molecule has 1 heterocycles. The molecular formula is C11H11Cl2NO3S. The van der Waals surface area contributed by atoms with Gasteiger partial charge in [-0.05, 0) is 18.6 Å². The van der Waals surface area contributed by atoms with Crippen molar-refractivity contribution in [1.29, 1.82) is 0 Å². The fraction of sp³-hybridized carbons (Fsp3) is 0.364. The minimum atomic E-state index is -3.02. The minimum Gasteiger partial charge on any atom is -0.348 e. The van der Waals surface area contributed by atoms with Crippen molar-refractivity contribution in [2.45, 2.75) is 12.5 Å². The summed E-state index contributed by atoms with van der Waals surface area (Å²) in [6.45, 7) is 0. The topological polar surface area (TPSA) is 63.2 Å². The molecule has 1 aliphatic rings. The highest BCUT2D eigenvalue weighted by Crippen LogP contribution is 2.25. The fourth-order valence-corrected chi connectivity index (χ4v) is 3.91. The monoisotopic (exact) mass is 307 g/mol. The SMILES string of the molecule is O=C(NC1CCS(=O)(=O)C1)c1cccc(Cl)c1Cl. The zero-order chi connectivity index (χ0) is 13.3. The highest BCUT2D eigenvalue weighted by molar-refractivity contribution is 7.91. The van der Waals surface area contributed by atoms with Gasteiger partial charge in [0.05, 0.1) is 27.1 Å². The molecule has 0 saturated carbocycles. The van der Waals surface area contributed by atoms with Crippen LogP contribution < -0.4 is 5.32 Å². The van der Waals surface area contributed by atoms with Crippen LogP contribution in [-0.2, 0) is 9.84 Å². The molecule has 0 aliphatic carbocycles. The van der Waals surface area contributed by atoms with E-state index in [1.165, 1.54) is 0 Å². The van der Waals surface area contributed by atoms with Gasteiger partial charge in [-0.15, -0.1) is 0 Å². The van der Waals surface area contributed by atoms with Crippen molar-refractivity contribution in [3.63, 3.8) is 0 Å². The first-order valence-electron chi connectivity index (χ1n) is 5.34. The number of carbonyl (C=O) groups is 1. The van der Waals surface area contributed by atoms with Crippen molar-refractivity contribution >= 4 is 38.9 Å². The second-order valence-electron chi connectivity index (χ2n) is 4.17. The van der Waals surface area contributed by atoms with Crippen molar-refractivity contribution in [1.82, 2.24) is 5.32 Å². The number of hydrogen-bond acceptors (Lipinski definition) is 3. The molecular weight excluding hydrogens is 297 g/mol. The van der Waals surface area contributed by atoms with Gasteiger partial charge in [-0.2, -0.15) is 0 Å². The second kappa shape index (κ2) is 5.07. The van der Waals surface area contributed by atoms with Crippen LogP contribution in [0, 0.1) is 0 Å². The van der Waals surface area contributed by atoms with E-state index in [1.54, 1.807) is 18.2 Å². The highest BCUT2D eigenvalue weighted by Gasteiger charge is 2.29. The summed E-state index contributed by atoms with van der Waals surface area (Å²) in [5, 5.41) is 3.13. The molecule has 4 nitrogen and oxygen atoms in total. The fourth-order valence-electron chi connectivity index (χ4n) is 1.85. The number of rotatable bonds is 2. The Bertz CT molecular complexity index is 586. The molecule has 1 fully saturated rings. The normalized spacial score (nSPS) is 21.8. The number of halogens is 2. The summed E-state index contributed by atoms with van der Waals surface area (Å²) in [5.74, 6) is -0.303. The summed E-state index contributed by atoms with van der Waals surface area (Å²) in [7, 11) is -3.02. The summed E-state index contributed by atoms with van der Waals surface area (Å²) < 4.78 is 22.6. The predicted molar refractivity (Wildman–Crippen MR) is 71.0 cm³/mol. The predicted octanol–water partition coefficient (Wildman–Crippen LogP) is 1.91. The van der Waals surface area contributed by atoms with Crippen molar-refractivity contribution in [3.8, 4) is 0 Å². The Kier molecular flexibility index (Phi) is 3.84. The molecule has 18 heavy (non-hydrogen) atoms. The van der Waals surface area contributed by atoms with Crippen LogP contribution in [0.15, 0.2) is 18.2 Å². The van der Waals surface area contributed by atoms with Crippen LogP contribution in [0.1, 0.15) is 16.8 Å². The van der Waals surface area contributed by atoms with Crippen molar-refractivity contribution < 1.29 is 13.2 Å². The molecule has 1 aromatic rings. The van der Waals surface area contributed by atoms with Gasteiger partial charge in [0.1, 0.15) is 0 Å². The quantitative estimate of drug-likeness (QED) is 0.908. The molecule has 0 radical (unpaired) electrons. The molecule has 0 aromatic heterocycles. The maximum atomic E-state index is 11.9. The van der Waals surface area contributed by atoms with E-state index in [1.807, 2.05) is 0 Å². The minimum absolute atomic E-state index is 0.0169. The van der Waals surface area contributed by atoms with Gasteiger partial charge in [-0.25, -0.2) is 8.42 Å². The maximum Gasteiger partial charge on any atom is 0.253 e. The van der Waals surface area contributed by atoms with E-state index < -0.39 is 15.7 Å². The van der Waals surface area contributed by atoms with E-state index in [0.717, 1.165) is 0 Å². The van der Waals surface area contributed by atoms with Crippen LogP contribution >= 0.6 is 23.2 Å². The lowest BCUT2D eigenvalue weighted by Gasteiger charge is -2.12. The molecule has 98 valence electrons. The van der Waals surface area contributed by atoms with Gasteiger partial charge >= 0.3 is 0 Å². The van der Waals surface area contributed by atoms with Crippen LogP contribution in [0.2, 0.25) is 10.0 Å². The summed E-state index contributed by atoms with van der Waals surface area (Å²) in [6, 6.07) is 4.40. The van der Waals surface area contributed by atoms with Crippen LogP contribution in [0.25, 0.3) is 0 Å². The van der Waals surface area contributed by atoms with Crippen LogP contribution in [0.5, 0.6) is 0 Å². The van der Waals surface area contributed by atoms with E-state index in [9.17, 15) is 13.2 Å². The van der Waals surface area contributed by atoms with Crippen LogP contribution in [0.3, 0.4) is 0 Å². The molecule has 1 saturated heterocycles. The summed E-state index contributed by atoms with van der Waals surface area (Å²) in [4.78, 5) is 11.9. The number of benzene rings is 1. The molecule has 0 bridgehead atoms. The number of sulfone groups is 1. The first kappa shape index (κ1) is 13.6. The van der Waals surface area contributed by atoms with Gasteiger partial charge < -0.3 is 5.32 Å². The van der Waals surface area contributed by atoms with Crippen LogP contribution in [-0.4, -0.2) is 31.9 Å². The molecule has 2 rings (SSSR count). The molecule has 1 unspecified atom stereocenters. The van der Waals surface area contributed by atoms with Crippen molar-refractivity contribution in [2.24, 2.45) is 0 Å². The molecule has 1 aliphatic heterocycles. The van der Waals surface area contributed by atoms with E-state index in [0.29, 0.717) is 11.4 Å². The smallest absolute Gasteiger partial charge is 0.253 e. The molecule has 1 atom stereocenters. The third-order valence-electron chi connectivity index (χ3n) is 2.76. The Balaban J connectivity index is 2.11. The zero-order valence-corrected chi connectivity index (χ0v) is 11.6. The van der Waals surface area contributed by atoms with Gasteiger partial charge in [-0.3, -0.25) is 4.79 Å². The molecule has 0 spiro atoms. The summed E-state index contributed by atoms with van der Waals surface area (Å²) >= 11 is 11.7. The Morgan fingerprint density at radius 2 is 2.06 bits per heavy atom. The lowest BCUT2D eigenvalue weighted by Crippen LogP contribution is -2.35. The lowest BCUT2D eigenvalue weighted by atomic mass is 10.2. The average Bonchev–Trinajstić information content (AvgIpc) is 2.62. The van der Waals surface area contributed by atoms with E-state index in [4.69, 9.17) is 23.2 Å². The first-order chi connectivity index (χ1) is 8.39. The Labute approximate surface area is 115 Å². The third kappa shape index (κ3) is 2.96. The molecule has 7 heteroatoms. The largest absolute Gasteiger partial charge is 0.348 e. The average molecular weight is 308 g/mol. The summed E-state index contributed by atoms with van der Waals surface area (Å²) in [6.07, 6.45) is 0.437. The van der Waals surface area contributed by atoms with Gasteiger partial charge in [0.15, 0.2) is 9.84 Å². The van der Waals surface area contributed by atoms with Gasteiger partial charge in [0.25, 0.3) is 5.91 Å². The second-order valence-corrected chi connectivity index (χ2v) is 7.19. The summed E-state index contributed by atoms with van der Waals surface area (Å²) in [5.41, 5.74) is 0.258. The first-order valence-corrected chi connectivity index (χ1v) is 7.92. The van der Waals surface area contributed by atoms with Crippen molar-refractivity contribution in [2.75, 3.05) is 11.5 Å². The Morgan fingerprint density at radius 3 is 2.67 bits per heavy atom. The van der Waals surface area contributed by atoms with E-state index in [-0.39, 0.29) is 28.1 Å². The third-order valence-corrected chi connectivity index (χ3v) is 5.35. The maximum absolute atomic E-state index is 11.9. The van der Waals surface area contributed by atoms with Gasteiger partial charge in [0, 0.05) is 6.04 Å². The number of nitrogens with one attached hydrogen (secondary N) is 1. The number of carbonyl (C=O) groups excluding carboxylic acids is 1. The van der Waals surface area contributed by atoms with Crippen LogP contribution in [0.4, 0.5) is 0 Å².